The number of nitrogens with zero attached hydrogens (tertiary/aromatic N) is 4. The van der Waals surface area contributed by atoms with Gasteiger partial charge in [0.2, 0.25) is 5.95 Å². The van der Waals surface area contributed by atoms with Crippen LogP contribution in [0.3, 0.4) is 0 Å². The van der Waals surface area contributed by atoms with Crippen LogP contribution >= 0.6 is 0 Å². The van der Waals surface area contributed by atoms with E-state index in [0.29, 0.717) is 24.2 Å². The van der Waals surface area contributed by atoms with E-state index in [2.05, 4.69) is 27.5 Å². The molecule has 2 atom stereocenters. The summed E-state index contributed by atoms with van der Waals surface area (Å²) in [6.07, 6.45) is 1.14. The first-order valence-electron chi connectivity index (χ1n) is 8.95. The molecule has 0 aliphatic carbocycles. The van der Waals surface area contributed by atoms with Gasteiger partial charge in [0.05, 0.1) is 11.0 Å². The first kappa shape index (κ1) is 15.8. The number of piperidine rings is 1. The Morgan fingerprint density at radius 1 is 1.04 bits per heavy atom. The predicted molar refractivity (Wildman–Crippen MR) is 97.0 cm³/mol. The van der Waals surface area contributed by atoms with Crippen molar-refractivity contribution in [2.75, 3.05) is 18.0 Å². The summed E-state index contributed by atoms with van der Waals surface area (Å²) in [6, 6.07) is 12.7. The summed E-state index contributed by atoms with van der Waals surface area (Å²) in [6.45, 7) is 2.39. The Labute approximate surface area is 150 Å². The molecule has 0 N–H and O–H groups in total. The van der Waals surface area contributed by atoms with Crippen LogP contribution in [0.15, 0.2) is 42.5 Å². The van der Waals surface area contributed by atoms with Crippen LogP contribution in [0, 0.1) is 11.6 Å². The van der Waals surface area contributed by atoms with Crippen LogP contribution < -0.4 is 4.90 Å². The molecule has 2 aromatic carbocycles. The van der Waals surface area contributed by atoms with Gasteiger partial charge >= 0.3 is 0 Å². The number of anilines is 1. The van der Waals surface area contributed by atoms with Gasteiger partial charge in [-0.15, -0.1) is 0 Å². The maximum atomic E-state index is 13.4. The average Bonchev–Trinajstić information content (AvgIpc) is 2.96. The van der Waals surface area contributed by atoms with Gasteiger partial charge in [-0.3, -0.25) is 4.90 Å². The van der Waals surface area contributed by atoms with E-state index in [1.54, 1.807) is 0 Å². The molecule has 4 nitrogen and oxygen atoms in total. The van der Waals surface area contributed by atoms with Crippen molar-refractivity contribution in [3.05, 3.63) is 59.7 Å². The van der Waals surface area contributed by atoms with Crippen LogP contribution in [0.2, 0.25) is 0 Å². The van der Waals surface area contributed by atoms with Gasteiger partial charge in [-0.05, 0) is 36.2 Å². The third kappa shape index (κ3) is 2.48. The number of halogens is 2. The first-order chi connectivity index (χ1) is 12.6. The number of para-hydroxylation sites is 2. The van der Waals surface area contributed by atoms with E-state index in [1.807, 2.05) is 18.2 Å². The van der Waals surface area contributed by atoms with Crippen molar-refractivity contribution < 1.29 is 8.78 Å². The zero-order valence-corrected chi connectivity index (χ0v) is 14.6. The zero-order chi connectivity index (χ0) is 17.8. The number of imidazole rings is 1. The SMILES string of the molecule is Cn1c(N2CC3CC(C2)N3Cc2cc(F)cc(F)c2)nc2ccccc21. The number of aromatic nitrogens is 2. The Kier molecular flexibility index (Phi) is 3.50. The maximum Gasteiger partial charge on any atom is 0.206 e. The maximum absolute atomic E-state index is 13.4. The van der Waals surface area contributed by atoms with Gasteiger partial charge in [-0.1, -0.05) is 12.1 Å². The highest BCUT2D eigenvalue weighted by Crippen LogP contribution is 2.36. The summed E-state index contributed by atoms with van der Waals surface area (Å²) < 4.78 is 29.0. The minimum atomic E-state index is -0.507. The quantitative estimate of drug-likeness (QED) is 0.721. The molecular weight excluding hydrogens is 334 g/mol. The van der Waals surface area contributed by atoms with Gasteiger partial charge in [0, 0.05) is 44.8 Å². The summed E-state index contributed by atoms with van der Waals surface area (Å²) in [4.78, 5) is 9.48. The first-order valence-corrected chi connectivity index (χ1v) is 8.95. The van der Waals surface area contributed by atoms with Gasteiger partial charge in [0.15, 0.2) is 0 Å². The van der Waals surface area contributed by atoms with Gasteiger partial charge in [-0.2, -0.15) is 0 Å². The van der Waals surface area contributed by atoms with Gasteiger partial charge in [0.25, 0.3) is 0 Å². The van der Waals surface area contributed by atoms with Crippen molar-refractivity contribution in [1.82, 2.24) is 14.5 Å². The van der Waals surface area contributed by atoms with Gasteiger partial charge in [-0.25, -0.2) is 13.8 Å². The summed E-state index contributed by atoms with van der Waals surface area (Å²) in [5.41, 5.74) is 2.85. The third-order valence-corrected chi connectivity index (χ3v) is 5.68. The van der Waals surface area contributed by atoms with Gasteiger partial charge < -0.3 is 9.47 Å². The molecule has 3 aromatic rings. The Bertz CT molecular complexity index is 951. The van der Waals surface area contributed by atoms with Crippen molar-refractivity contribution in [2.24, 2.45) is 7.05 Å². The lowest BCUT2D eigenvalue weighted by Crippen LogP contribution is -2.68. The van der Waals surface area contributed by atoms with E-state index in [9.17, 15) is 8.78 Å². The lowest BCUT2D eigenvalue weighted by Gasteiger charge is -2.56. The van der Waals surface area contributed by atoms with E-state index in [4.69, 9.17) is 4.98 Å². The van der Waals surface area contributed by atoms with Gasteiger partial charge in [0.1, 0.15) is 11.6 Å². The fourth-order valence-corrected chi connectivity index (χ4v) is 4.44. The van der Waals surface area contributed by atoms with E-state index >= 15 is 0 Å². The molecule has 1 aromatic heterocycles. The highest BCUT2D eigenvalue weighted by Gasteiger charge is 2.45. The number of fused-ring (bicyclic) bond motifs is 3. The second kappa shape index (κ2) is 5.77. The second-order valence-corrected chi connectivity index (χ2v) is 7.36. The topological polar surface area (TPSA) is 24.3 Å². The number of hydrogen-bond acceptors (Lipinski definition) is 3. The van der Waals surface area contributed by atoms with Crippen LogP contribution in [-0.2, 0) is 13.6 Å². The van der Waals surface area contributed by atoms with Crippen molar-refractivity contribution in [1.29, 1.82) is 0 Å². The molecule has 2 unspecified atom stereocenters. The van der Waals surface area contributed by atoms with E-state index in [1.165, 1.54) is 12.1 Å². The van der Waals surface area contributed by atoms with Crippen LogP contribution in [0.4, 0.5) is 14.7 Å². The van der Waals surface area contributed by atoms with Crippen LogP contribution in [0.25, 0.3) is 11.0 Å². The molecule has 3 aliphatic rings. The molecule has 134 valence electrons. The lowest BCUT2D eigenvalue weighted by atomic mass is 9.87. The molecule has 6 heteroatoms. The summed E-state index contributed by atoms with van der Waals surface area (Å²) >= 11 is 0. The second-order valence-electron chi connectivity index (χ2n) is 7.36. The summed E-state index contributed by atoms with van der Waals surface area (Å²) in [5, 5.41) is 0. The highest BCUT2D eigenvalue weighted by molar-refractivity contribution is 5.78. The normalized spacial score (nSPS) is 22.7. The molecule has 4 heterocycles. The van der Waals surface area contributed by atoms with Crippen molar-refractivity contribution in [3.63, 3.8) is 0 Å². The Hall–Kier alpha value is -2.47. The number of aryl methyl sites for hydroxylation is 1. The van der Waals surface area contributed by atoms with E-state index < -0.39 is 11.6 Å². The van der Waals surface area contributed by atoms with Crippen molar-refractivity contribution >= 4 is 17.0 Å². The predicted octanol–water partition coefficient (Wildman–Crippen LogP) is 3.31. The number of benzene rings is 2. The minimum absolute atomic E-state index is 0.403. The zero-order valence-electron chi connectivity index (χ0n) is 14.6. The van der Waals surface area contributed by atoms with E-state index in [-0.39, 0.29) is 0 Å². The number of hydrogen-bond donors (Lipinski definition) is 0. The van der Waals surface area contributed by atoms with Crippen molar-refractivity contribution in [2.45, 2.75) is 25.0 Å². The standard InChI is InChI=1S/C20H20F2N4/c1-24-19-5-3-2-4-18(19)23-20(24)25-11-16-9-17(12-25)26(16)10-13-6-14(21)8-15(22)7-13/h2-8,16-17H,9-12H2,1H3. The lowest BCUT2D eigenvalue weighted by molar-refractivity contribution is -0.00920. The Morgan fingerprint density at radius 2 is 1.73 bits per heavy atom. The van der Waals surface area contributed by atoms with E-state index in [0.717, 1.165) is 42.6 Å². The molecule has 3 fully saturated rings. The fourth-order valence-electron chi connectivity index (χ4n) is 4.44. The van der Waals surface area contributed by atoms with Crippen LogP contribution in [0.1, 0.15) is 12.0 Å². The molecule has 0 saturated carbocycles. The fraction of sp³-hybridized carbons (Fsp3) is 0.350. The molecular formula is C20H20F2N4. The Morgan fingerprint density at radius 3 is 2.42 bits per heavy atom. The molecule has 3 saturated heterocycles. The molecule has 0 amide bonds. The smallest absolute Gasteiger partial charge is 0.206 e. The summed E-state index contributed by atoms with van der Waals surface area (Å²) in [7, 11) is 2.05. The largest absolute Gasteiger partial charge is 0.339 e. The number of rotatable bonds is 3. The molecule has 6 rings (SSSR count). The summed E-state index contributed by atoms with van der Waals surface area (Å²) in [5.74, 6) is -0.0173. The molecule has 26 heavy (non-hydrogen) atoms. The third-order valence-electron chi connectivity index (χ3n) is 5.68. The number of piperazine rings is 1. The van der Waals surface area contributed by atoms with Crippen LogP contribution in [-0.4, -0.2) is 39.6 Å². The molecule has 3 aliphatic heterocycles. The average molecular weight is 354 g/mol. The molecule has 2 bridgehead atoms. The molecule has 0 spiro atoms. The monoisotopic (exact) mass is 354 g/mol. The Balaban J connectivity index is 1.34. The molecule has 0 radical (unpaired) electrons. The highest BCUT2D eigenvalue weighted by atomic mass is 19.1. The minimum Gasteiger partial charge on any atom is -0.339 e. The van der Waals surface area contributed by atoms with Crippen molar-refractivity contribution in [3.8, 4) is 0 Å². The van der Waals surface area contributed by atoms with Crippen LogP contribution in [0.5, 0.6) is 0 Å².